The average Bonchev–Trinajstić information content (AvgIpc) is 2.98. The fourth-order valence-electron chi connectivity index (χ4n) is 3.83. The number of Topliss-reactive ketones (excluding diaryl/α,β-unsaturated/α-hetero) is 1. The first kappa shape index (κ1) is 9.41. The van der Waals surface area contributed by atoms with Crippen LogP contribution in [0.2, 0.25) is 0 Å². The van der Waals surface area contributed by atoms with E-state index in [1.807, 2.05) is 6.07 Å². The van der Waals surface area contributed by atoms with Crippen molar-refractivity contribution in [3.8, 4) is 0 Å². The summed E-state index contributed by atoms with van der Waals surface area (Å²) in [7, 11) is 0. The van der Waals surface area contributed by atoms with Crippen molar-refractivity contribution in [3.63, 3.8) is 0 Å². The quantitative estimate of drug-likeness (QED) is 0.667. The molecule has 0 aromatic heterocycles. The zero-order chi connectivity index (χ0) is 11.4. The molecular formula is C16H14O. The van der Waals surface area contributed by atoms with E-state index in [2.05, 4.69) is 42.5 Å². The summed E-state index contributed by atoms with van der Waals surface area (Å²) in [6.07, 6.45) is 7.63. The van der Waals surface area contributed by atoms with Gasteiger partial charge in [-0.25, -0.2) is 0 Å². The lowest BCUT2D eigenvalue weighted by molar-refractivity contribution is -0.119. The molecule has 3 aliphatic rings. The molecule has 0 radical (unpaired) electrons. The number of allylic oxidation sites excluding steroid dienone is 4. The highest BCUT2D eigenvalue weighted by molar-refractivity contribution is 5.98. The van der Waals surface area contributed by atoms with Crippen molar-refractivity contribution in [3.05, 3.63) is 54.1 Å². The van der Waals surface area contributed by atoms with Gasteiger partial charge in [-0.1, -0.05) is 48.6 Å². The minimum Gasteiger partial charge on any atom is -0.299 e. The Morgan fingerprint density at radius 1 is 1.06 bits per heavy atom. The van der Waals surface area contributed by atoms with Gasteiger partial charge in [-0.15, -0.1) is 0 Å². The van der Waals surface area contributed by atoms with Crippen molar-refractivity contribution in [1.29, 1.82) is 0 Å². The van der Waals surface area contributed by atoms with Crippen LogP contribution >= 0.6 is 0 Å². The lowest BCUT2D eigenvalue weighted by Gasteiger charge is -2.15. The van der Waals surface area contributed by atoms with Crippen molar-refractivity contribution < 1.29 is 4.79 Å². The summed E-state index contributed by atoms with van der Waals surface area (Å²) >= 11 is 0. The highest BCUT2D eigenvalue weighted by Crippen LogP contribution is 2.55. The average molecular weight is 222 g/mol. The maximum atomic E-state index is 12.2. The molecule has 0 saturated heterocycles. The molecule has 3 aliphatic carbocycles. The first-order valence-electron chi connectivity index (χ1n) is 6.33. The Morgan fingerprint density at radius 2 is 1.88 bits per heavy atom. The Balaban J connectivity index is 1.83. The molecule has 1 saturated carbocycles. The molecular weight excluding hydrogens is 208 g/mol. The SMILES string of the molecule is O=C1C[C@H]2C=C[C@@H]3C=C(c4ccccc4)[C@@H]1[C@H]32. The third-order valence-corrected chi connectivity index (χ3v) is 4.50. The predicted octanol–water partition coefficient (Wildman–Crippen LogP) is 3.09. The van der Waals surface area contributed by atoms with Crippen LogP contribution in [0.1, 0.15) is 12.0 Å². The number of rotatable bonds is 1. The van der Waals surface area contributed by atoms with E-state index in [9.17, 15) is 4.79 Å². The summed E-state index contributed by atoms with van der Waals surface area (Å²) in [6.45, 7) is 0. The van der Waals surface area contributed by atoms with Gasteiger partial charge in [0.1, 0.15) is 5.78 Å². The largest absolute Gasteiger partial charge is 0.299 e. The molecule has 1 aromatic rings. The van der Waals surface area contributed by atoms with Crippen molar-refractivity contribution in [1.82, 2.24) is 0 Å². The summed E-state index contributed by atoms with van der Waals surface area (Å²) < 4.78 is 0. The van der Waals surface area contributed by atoms with Gasteiger partial charge in [0.2, 0.25) is 0 Å². The van der Waals surface area contributed by atoms with Gasteiger partial charge in [0.05, 0.1) is 0 Å². The number of hydrogen-bond donors (Lipinski definition) is 0. The lowest BCUT2D eigenvalue weighted by atomic mass is 9.86. The van der Waals surface area contributed by atoms with Crippen LogP contribution in [0.5, 0.6) is 0 Å². The summed E-state index contributed by atoms with van der Waals surface area (Å²) in [5.41, 5.74) is 2.51. The zero-order valence-electron chi connectivity index (χ0n) is 9.54. The summed E-state index contributed by atoms with van der Waals surface area (Å²) in [5.74, 6) is 2.17. The Morgan fingerprint density at radius 3 is 2.71 bits per heavy atom. The maximum Gasteiger partial charge on any atom is 0.141 e. The van der Waals surface area contributed by atoms with Gasteiger partial charge in [-0.3, -0.25) is 4.79 Å². The lowest BCUT2D eigenvalue weighted by Crippen LogP contribution is -2.15. The fraction of sp³-hybridized carbons (Fsp3) is 0.312. The minimum absolute atomic E-state index is 0.169. The molecule has 1 aromatic carbocycles. The Kier molecular flexibility index (Phi) is 1.77. The zero-order valence-corrected chi connectivity index (χ0v) is 9.54. The second-order valence-corrected chi connectivity index (χ2v) is 5.34. The van der Waals surface area contributed by atoms with E-state index in [1.54, 1.807) is 0 Å². The van der Waals surface area contributed by atoms with Crippen LogP contribution in [-0.2, 0) is 4.79 Å². The number of carbonyl (C=O) groups is 1. The van der Waals surface area contributed by atoms with E-state index in [4.69, 9.17) is 0 Å². The van der Waals surface area contributed by atoms with Crippen molar-refractivity contribution in [2.24, 2.45) is 23.7 Å². The van der Waals surface area contributed by atoms with Crippen molar-refractivity contribution >= 4 is 11.4 Å². The fourth-order valence-corrected chi connectivity index (χ4v) is 3.83. The molecule has 0 bridgehead atoms. The molecule has 0 amide bonds. The number of ketones is 1. The normalized spacial score (nSPS) is 37.4. The van der Waals surface area contributed by atoms with Gasteiger partial charge in [0.25, 0.3) is 0 Å². The number of benzene rings is 1. The molecule has 1 heteroatoms. The molecule has 0 unspecified atom stereocenters. The van der Waals surface area contributed by atoms with Gasteiger partial charge >= 0.3 is 0 Å². The van der Waals surface area contributed by atoms with Crippen LogP contribution in [0.25, 0.3) is 5.57 Å². The topological polar surface area (TPSA) is 17.1 Å². The Labute approximate surface area is 101 Å². The van der Waals surface area contributed by atoms with Gasteiger partial charge in [0.15, 0.2) is 0 Å². The monoisotopic (exact) mass is 222 g/mol. The Bertz CT molecular complexity index is 538. The molecule has 0 spiro atoms. The molecule has 4 rings (SSSR count). The molecule has 1 fully saturated rings. The van der Waals surface area contributed by atoms with Gasteiger partial charge < -0.3 is 0 Å². The molecule has 0 aliphatic heterocycles. The van der Waals surface area contributed by atoms with E-state index in [0.29, 0.717) is 23.5 Å². The van der Waals surface area contributed by atoms with E-state index in [-0.39, 0.29) is 5.92 Å². The van der Waals surface area contributed by atoms with E-state index >= 15 is 0 Å². The van der Waals surface area contributed by atoms with Crippen LogP contribution < -0.4 is 0 Å². The highest BCUT2D eigenvalue weighted by Gasteiger charge is 2.51. The Hall–Kier alpha value is -1.63. The first-order chi connectivity index (χ1) is 8.34. The summed E-state index contributed by atoms with van der Waals surface area (Å²) in [6, 6.07) is 10.4. The van der Waals surface area contributed by atoms with Gasteiger partial charge in [-0.2, -0.15) is 0 Å². The van der Waals surface area contributed by atoms with Crippen LogP contribution in [0, 0.1) is 23.7 Å². The molecule has 84 valence electrons. The third-order valence-electron chi connectivity index (χ3n) is 4.50. The molecule has 17 heavy (non-hydrogen) atoms. The molecule has 0 N–H and O–H groups in total. The van der Waals surface area contributed by atoms with Crippen LogP contribution in [0.4, 0.5) is 0 Å². The van der Waals surface area contributed by atoms with Crippen LogP contribution in [0.3, 0.4) is 0 Å². The van der Waals surface area contributed by atoms with E-state index in [1.165, 1.54) is 11.1 Å². The summed E-state index contributed by atoms with van der Waals surface area (Å²) in [5, 5.41) is 0. The molecule has 1 nitrogen and oxygen atoms in total. The van der Waals surface area contributed by atoms with Gasteiger partial charge in [-0.05, 0) is 28.9 Å². The second-order valence-electron chi connectivity index (χ2n) is 5.34. The second kappa shape index (κ2) is 3.19. The number of carbonyl (C=O) groups excluding carboxylic acids is 1. The maximum absolute atomic E-state index is 12.2. The van der Waals surface area contributed by atoms with Crippen LogP contribution in [0.15, 0.2) is 48.6 Å². The highest BCUT2D eigenvalue weighted by atomic mass is 16.1. The molecule has 0 heterocycles. The third kappa shape index (κ3) is 1.17. The van der Waals surface area contributed by atoms with Crippen LogP contribution in [-0.4, -0.2) is 5.78 Å². The van der Waals surface area contributed by atoms with Gasteiger partial charge in [0, 0.05) is 12.3 Å². The van der Waals surface area contributed by atoms with E-state index in [0.717, 1.165) is 6.42 Å². The van der Waals surface area contributed by atoms with E-state index < -0.39 is 0 Å². The standard InChI is InChI=1S/C16H14O/c17-14-9-12-7-6-11-8-13(16(14)15(11)12)10-4-2-1-3-5-10/h1-8,11-12,15-16H,9H2/t11-,12-,15-,16+/m1/s1. The smallest absolute Gasteiger partial charge is 0.141 e. The van der Waals surface area contributed by atoms with Crippen molar-refractivity contribution in [2.45, 2.75) is 6.42 Å². The number of hydrogen-bond acceptors (Lipinski definition) is 1. The summed E-state index contributed by atoms with van der Waals surface area (Å²) in [4.78, 5) is 12.2. The van der Waals surface area contributed by atoms with Crippen molar-refractivity contribution in [2.75, 3.05) is 0 Å². The molecule has 4 atom stereocenters. The predicted molar refractivity (Wildman–Crippen MR) is 67.1 cm³/mol. The minimum atomic E-state index is 0.169. The first-order valence-corrected chi connectivity index (χ1v) is 6.33.